The zero-order valence-electron chi connectivity index (χ0n) is 22.8. The van der Waals surface area contributed by atoms with Gasteiger partial charge in [0.2, 0.25) is 0 Å². The summed E-state index contributed by atoms with van der Waals surface area (Å²) in [4.78, 5) is 13.8. The van der Waals surface area contributed by atoms with Crippen molar-refractivity contribution in [3.63, 3.8) is 0 Å². The highest BCUT2D eigenvalue weighted by Gasteiger charge is 2.29. The van der Waals surface area contributed by atoms with Gasteiger partial charge in [0.25, 0.3) is 15.9 Å². The monoisotopic (exact) mass is 560 g/mol. The molecule has 4 aromatic rings. The van der Waals surface area contributed by atoms with Gasteiger partial charge in [-0.3, -0.25) is 9.10 Å². The Morgan fingerprint density at radius 1 is 0.846 bits per heavy atom. The largest absolute Gasteiger partial charge is 0.345 e. The number of halogens is 1. The molecule has 0 fully saturated rings. The Hall–Kier alpha value is -3.61. The van der Waals surface area contributed by atoms with Crippen molar-refractivity contribution in [2.45, 2.75) is 52.1 Å². The SMILES string of the molecule is Cc1ccc(S(=O)(=O)N(Cc2ccc(Cl)cc2)c2ccccc2C(=O)NC(C)c2cc(C)c(C)cc2C)cc1. The van der Waals surface area contributed by atoms with E-state index in [1.807, 2.05) is 27.7 Å². The van der Waals surface area contributed by atoms with E-state index in [0.717, 1.165) is 27.8 Å². The minimum Gasteiger partial charge on any atom is -0.345 e. The van der Waals surface area contributed by atoms with Crippen LogP contribution in [0.5, 0.6) is 0 Å². The normalized spacial score (nSPS) is 12.2. The van der Waals surface area contributed by atoms with Crippen molar-refractivity contribution >= 4 is 33.2 Å². The molecule has 0 aliphatic heterocycles. The third-order valence-electron chi connectivity index (χ3n) is 6.96. The number of nitrogens with one attached hydrogen (secondary N) is 1. The molecule has 5 nitrogen and oxygen atoms in total. The van der Waals surface area contributed by atoms with Crippen molar-refractivity contribution in [3.05, 3.63) is 129 Å². The first-order valence-electron chi connectivity index (χ1n) is 12.8. The van der Waals surface area contributed by atoms with Crippen LogP contribution in [0.4, 0.5) is 5.69 Å². The average Bonchev–Trinajstić information content (AvgIpc) is 2.90. The predicted molar refractivity (Wildman–Crippen MR) is 159 cm³/mol. The number of para-hydroxylation sites is 1. The zero-order valence-corrected chi connectivity index (χ0v) is 24.4. The summed E-state index contributed by atoms with van der Waals surface area (Å²) in [5, 5.41) is 3.64. The van der Waals surface area contributed by atoms with E-state index in [1.165, 1.54) is 9.87 Å². The predicted octanol–water partition coefficient (Wildman–Crippen LogP) is 7.46. The molecule has 0 radical (unpaired) electrons. The molecule has 0 saturated heterocycles. The van der Waals surface area contributed by atoms with E-state index in [1.54, 1.807) is 72.8 Å². The number of hydrogen-bond donors (Lipinski definition) is 1. The maximum absolute atomic E-state index is 14.0. The topological polar surface area (TPSA) is 66.5 Å². The fourth-order valence-electron chi connectivity index (χ4n) is 4.58. The number of rotatable bonds is 8. The minimum absolute atomic E-state index is 0.0312. The highest BCUT2D eigenvalue weighted by Crippen LogP contribution is 2.31. The molecule has 202 valence electrons. The zero-order chi connectivity index (χ0) is 28.3. The maximum Gasteiger partial charge on any atom is 0.264 e. The molecule has 0 saturated carbocycles. The van der Waals surface area contributed by atoms with Crippen LogP contribution in [0.2, 0.25) is 5.02 Å². The van der Waals surface area contributed by atoms with Gasteiger partial charge in [0.05, 0.1) is 28.7 Å². The molecule has 0 aromatic heterocycles. The van der Waals surface area contributed by atoms with E-state index in [4.69, 9.17) is 11.6 Å². The summed E-state index contributed by atoms with van der Waals surface area (Å²) >= 11 is 6.08. The minimum atomic E-state index is -4.01. The number of amides is 1. The Balaban J connectivity index is 1.75. The van der Waals surface area contributed by atoms with Gasteiger partial charge in [0, 0.05) is 5.02 Å². The standard InChI is InChI=1S/C32H33ClN2O3S/c1-21-10-16-28(17-11-21)39(37,38)35(20-26-12-14-27(33)15-13-26)31-9-7-6-8-29(31)32(36)34-25(5)30-19-23(3)22(2)18-24(30)4/h6-19,25H,20H2,1-5H3,(H,34,36). The second kappa shape index (κ2) is 11.6. The lowest BCUT2D eigenvalue weighted by Gasteiger charge is -2.27. The Morgan fingerprint density at radius 3 is 2.13 bits per heavy atom. The lowest BCUT2D eigenvalue weighted by molar-refractivity contribution is 0.0940. The van der Waals surface area contributed by atoms with Crippen LogP contribution < -0.4 is 9.62 Å². The first-order valence-corrected chi connectivity index (χ1v) is 14.6. The highest BCUT2D eigenvalue weighted by atomic mass is 35.5. The van der Waals surface area contributed by atoms with Crippen molar-refractivity contribution in [1.29, 1.82) is 0 Å². The molecule has 7 heteroatoms. The van der Waals surface area contributed by atoms with Crippen LogP contribution in [0.3, 0.4) is 0 Å². The van der Waals surface area contributed by atoms with Crippen LogP contribution in [-0.2, 0) is 16.6 Å². The molecule has 4 rings (SSSR count). The van der Waals surface area contributed by atoms with Gasteiger partial charge in [-0.1, -0.05) is 65.7 Å². The van der Waals surface area contributed by atoms with Crippen molar-refractivity contribution < 1.29 is 13.2 Å². The smallest absolute Gasteiger partial charge is 0.264 e. The van der Waals surface area contributed by atoms with Crippen molar-refractivity contribution in [2.75, 3.05) is 4.31 Å². The molecule has 1 amide bonds. The van der Waals surface area contributed by atoms with Gasteiger partial charge in [0.1, 0.15) is 0 Å². The Kier molecular flexibility index (Phi) is 8.48. The lowest BCUT2D eigenvalue weighted by atomic mass is 9.96. The van der Waals surface area contributed by atoms with Crippen LogP contribution in [-0.4, -0.2) is 14.3 Å². The molecule has 39 heavy (non-hydrogen) atoms. The van der Waals surface area contributed by atoms with Crippen LogP contribution >= 0.6 is 11.6 Å². The number of hydrogen-bond acceptors (Lipinski definition) is 3. The van der Waals surface area contributed by atoms with Gasteiger partial charge < -0.3 is 5.32 Å². The average molecular weight is 561 g/mol. The number of benzene rings is 4. The van der Waals surface area contributed by atoms with Gasteiger partial charge in [-0.05, 0) is 98.8 Å². The van der Waals surface area contributed by atoms with Gasteiger partial charge in [-0.25, -0.2) is 8.42 Å². The van der Waals surface area contributed by atoms with E-state index >= 15 is 0 Å². The first-order chi connectivity index (χ1) is 18.5. The van der Waals surface area contributed by atoms with Crippen molar-refractivity contribution in [1.82, 2.24) is 5.32 Å². The molecule has 0 aliphatic carbocycles. The highest BCUT2D eigenvalue weighted by molar-refractivity contribution is 7.92. The molecule has 0 spiro atoms. The molecule has 4 aromatic carbocycles. The molecule has 0 bridgehead atoms. The first kappa shape index (κ1) is 28.4. The second-order valence-corrected chi connectivity index (χ2v) is 12.3. The molecule has 0 aliphatic rings. The van der Waals surface area contributed by atoms with E-state index in [-0.39, 0.29) is 29.0 Å². The quantitative estimate of drug-likeness (QED) is 0.243. The molecule has 1 unspecified atom stereocenters. The Labute approximate surface area is 236 Å². The summed E-state index contributed by atoms with van der Waals surface area (Å²) in [5.41, 5.74) is 6.72. The van der Waals surface area contributed by atoms with Crippen molar-refractivity contribution in [3.8, 4) is 0 Å². The summed E-state index contributed by atoms with van der Waals surface area (Å²) in [6.45, 7) is 10.0. The molecular weight excluding hydrogens is 528 g/mol. The van der Waals surface area contributed by atoms with E-state index in [2.05, 4.69) is 24.4 Å². The fraction of sp³-hybridized carbons (Fsp3) is 0.219. The van der Waals surface area contributed by atoms with Gasteiger partial charge >= 0.3 is 0 Å². The van der Waals surface area contributed by atoms with Crippen molar-refractivity contribution in [2.24, 2.45) is 0 Å². The van der Waals surface area contributed by atoms with Crippen LogP contribution in [0, 0.1) is 27.7 Å². The summed E-state index contributed by atoms with van der Waals surface area (Å²) in [5.74, 6) is -0.351. The van der Waals surface area contributed by atoms with E-state index in [0.29, 0.717) is 10.7 Å². The van der Waals surface area contributed by atoms with Crippen LogP contribution in [0.15, 0.2) is 89.8 Å². The third-order valence-corrected chi connectivity index (χ3v) is 8.99. The van der Waals surface area contributed by atoms with Gasteiger partial charge in [0.15, 0.2) is 0 Å². The molecular formula is C32H33ClN2O3S. The van der Waals surface area contributed by atoms with Crippen LogP contribution in [0.1, 0.15) is 56.7 Å². The molecule has 0 heterocycles. The van der Waals surface area contributed by atoms with E-state index in [9.17, 15) is 13.2 Å². The number of sulfonamides is 1. The Bertz CT molecular complexity index is 1600. The lowest BCUT2D eigenvalue weighted by Crippen LogP contribution is -2.34. The van der Waals surface area contributed by atoms with Crippen LogP contribution in [0.25, 0.3) is 0 Å². The van der Waals surface area contributed by atoms with Gasteiger partial charge in [-0.2, -0.15) is 0 Å². The number of nitrogens with zero attached hydrogens (tertiary/aromatic N) is 1. The third kappa shape index (κ3) is 6.35. The number of carbonyl (C=O) groups excluding carboxylic acids is 1. The van der Waals surface area contributed by atoms with Gasteiger partial charge in [-0.15, -0.1) is 0 Å². The van der Waals surface area contributed by atoms with E-state index < -0.39 is 10.0 Å². The maximum atomic E-state index is 14.0. The second-order valence-electron chi connectivity index (χ2n) is 9.96. The number of aryl methyl sites for hydroxylation is 4. The summed E-state index contributed by atoms with van der Waals surface area (Å²) in [6, 6.07) is 24.5. The molecule has 1 atom stereocenters. The summed E-state index contributed by atoms with van der Waals surface area (Å²) in [6.07, 6.45) is 0. The number of anilines is 1. The molecule has 1 N–H and O–H groups in total. The number of carbonyl (C=O) groups is 1. The summed E-state index contributed by atoms with van der Waals surface area (Å²) < 4.78 is 29.3. The summed E-state index contributed by atoms with van der Waals surface area (Å²) in [7, 11) is -4.01. The Morgan fingerprint density at radius 2 is 1.46 bits per heavy atom. The fourth-order valence-corrected chi connectivity index (χ4v) is 6.18.